The number of hydrogen-bond acceptors (Lipinski definition) is 2. The van der Waals surface area contributed by atoms with Gasteiger partial charge >= 0.3 is 0 Å². The van der Waals surface area contributed by atoms with Crippen LogP contribution in [0.25, 0.3) is 0 Å². The Kier molecular flexibility index (Phi) is 3.08. The maximum absolute atomic E-state index is 8.50. The van der Waals surface area contributed by atoms with E-state index in [-0.39, 0.29) is 0 Å². The lowest BCUT2D eigenvalue weighted by Crippen LogP contribution is -2.23. The van der Waals surface area contributed by atoms with Crippen molar-refractivity contribution in [2.24, 2.45) is 0 Å². The van der Waals surface area contributed by atoms with Gasteiger partial charge in [0.1, 0.15) is 6.23 Å². The number of nitrogens with one attached hydrogen (secondary N) is 1. The summed E-state index contributed by atoms with van der Waals surface area (Å²) in [4.78, 5) is 0. The fourth-order valence-electron chi connectivity index (χ4n) is 0.167. The van der Waals surface area contributed by atoms with Crippen molar-refractivity contribution in [1.82, 2.24) is 5.32 Å². The van der Waals surface area contributed by atoms with Crippen molar-refractivity contribution < 1.29 is 5.11 Å². The fraction of sp³-hybridized carbons (Fsp3) is 0.750. The van der Waals surface area contributed by atoms with Gasteiger partial charge in [0.15, 0.2) is 0 Å². The van der Waals surface area contributed by atoms with Gasteiger partial charge in [-0.25, -0.2) is 0 Å². The van der Waals surface area contributed by atoms with Gasteiger partial charge in [-0.3, -0.25) is 5.32 Å². The Morgan fingerprint density at radius 2 is 2.33 bits per heavy atom. The van der Waals surface area contributed by atoms with Gasteiger partial charge in [-0.05, 0) is 7.05 Å². The topological polar surface area (TPSA) is 32.3 Å². The quantitative estimate of drug-likeness (QED) is 0.456. The van der Waals surface area contributed by atoms with Gasteiger partial charge in [0.05, 0.1) is 0 Å². The van der Waals surface area contributed by atoms with Gasteiger partial charge in [0, 0.05) is 6.42 Å². The molecule has 6 heavy (non-hydrogen) atoms. The summed E-state index contributed by atoms with van der Waals surface area (Å²) in [5.41, 5.74) is 0. The smallest absolute Gasteiger partial charge is 0.107 e. The minimum absolute atomic E-state index is 0.440. The predicted octanol–water partition coefficient (Wildman–Crippen LogP) is -0.252. The first-order chi connectivity index (χ1) is 2.81. The molecular formula is C4H10NO. The molecule has 0 spiro atoms. The van der Waals surface area contributed by atoms with E-state index in [1.807, 2.05) is 0 Å². The third kappa shape index (κ3) is 2.18. The summed E-state index contributed by atoms with van der Waals surface area (Å²) in [7, 11) is 1.70. The van der Waals surface area contributed by atoms with Gasteiger partial charge < -0.3 is 5.11 Å². The molecule has 1 unspecified atom stereocenters. The van der Waals surface area contributed by atoms with E-state index in [1.165, 1.54) is 0 Å². The van der Waals surface area contributed by atoms with E-state index in [1.54, 1.807) is 20.4 Å². The van der Waals surface area contributed by atoms with Crippen LogP contribution in [-0.2, 0) is 0 Å². The summed E-state index contributed by atoms with van der Waals surface area (Å²) < 4.78 is 0. The molecule has 0 saturated heterocycles. The maximum atomic E-state index is 8.50. The standard InChI is InChI=1S/C4H10NO/c1-3-4(6)5-2/h3-6H,1-2H3. The number of rotatable bonds is 2. The van der Waals surface area contributed by atoms with Crippen LogP contribution in [0.2, 0.25) is 0 Å². The molecule has 0 fully saturated rings. The van der Waals surface area contributed by atoms with Crippen LogP contribution in [-0.4, -0.2) is 18.4 Å². The van der Waals surface area contributed by atoms with E-state index in [9.17, 15) is 0 Å². The molecule has 0 aromatic carbocycles. The molecule has 0 aromatic rings. The summed E-state index contributed by atoms with van der Waals surface area (Å²) in [5, 5.41) is 11.1. The van der Waals surface area contributed by atoms with Gasteiger partial charge in [-0.1, -0.05) is 6.92 Å². The van der Waals surface area contributed by atoms with Crippen LogP contribution in [0.3, 0.4) is 0 Å². The second-order valence-corrected chi connectivity index (χ2v) is 1.07. The zero-order chi connectivity index (χ0) is 4.99. The van der Waals surface area contributed by atoms with Crippen molar-refractivity contribution in [2.45, 2.75) is 13.2 Å². The van der Waals surface area contributed by atoms with Crippen molar-refractivity contribution in [3.63, 3.8) is 0 Å². The monoisotopic (exact) mass is 88.1 g/mol. The molecule has 37 valence electrons. The predicted molar refractivity (Wildman–Crippen MR) is 25.0 cm³/mol. The van der Waals surface area contributed by atoms with E-state index in [0.717, 1.165) is 0 Å². The molecule has 0 bridgehead atoms. The largest absolute Gasteiger partial charge is 0.378 e. The summed E-state index contributed by atoms with van der Waals surface area (Å²) >= 11 is 0. The van der Waals surface area contributed by atoms with Gasteiger partial charge in [-0.2, -0.15) is 0 Å². The lowest BCUT2D eigenvalue weighted by Gasteiger charge is -2.00. The molecule has 0 amide bonds. The van der Waals surface area contributed by atoms with E-state index < -0.39 is 6.23 Å². The average molecular weight is 88.1 g/mol. The van der Waals surface area contributed by atoms with Crippen molar-refractivity contribution in [3.8, 4) is 0 Å². The van der Waals surface area contributed by atoms with E-state index >= 15 is 0 Å². The summed E-state index contributed by atoms with van der Waals surface area (Å²) in [5.74, 6) is 0. The van der Waals surface area contributed by atoms with Crippen LogP contribution < -0.4 is 5.32 Å². The Morgan fingerprint density at radius 3 is 2.33 bits per heavy atom. The molecule has 0 saturated carbocycles. The maximum Gasteiger partial charge on any atom is 0.107 e. The minimum Gasteiger partial charge on any atom is -0.378 e. The Labute approximate surface area is 38.2 Å². The van der Waals surface area contributed by atoms with Crippen LogP contribution >= 0.6 is 0 Å². The molecule has 0 aliphatic heterocycles. The first kappa shape index (κ1) is 5.92. The van der Waals surface area contributed by atoms with Crippen molar-refractivity contribution in [2.75, 3.05) is 7.05 Å². The molecule has 0 heterocycles. The molecule has 2 N–H and O–H groups in total. The van der Waals surface area contributed by atoms with Crippen molar-refractivity contribution >= 4 is 0 Å². The second kappa shape index (κ2) is 3.12. The first-order valence-electron chi connectivity index (χ1n) is 1.96. The van der Waals surface area contributed by atoms with E-state index in [0.29, 0.717) is 0 Å². The van der Waals surface area contributed by atoms with Crippen LogP contribution in [0.15, 0.2) is 0 Å². The van der Waals surface area contributed by atoms with Gasteiger partial charge in [-0.15, -0.1) is 0 Å². The number of aliphatic hydroxyl groups is 1. The molecule has 0 aliphatic rings. The molecule has 1 atom stereocenters. The molecule has 0 rings (SSSR count). The van der Waals surface area contributed by atoms with E-state index in [2.05, 4.69) is 5.32 Å². The highest BCUT2D eigenvalue weighted by Gasteiger charge is 1.89. The molecule has 2 heteroatoms. The van der Waals surface area contributed by atoms with Crippen LogP contribution in [0, 0.1) is 6.42 Å². The third-order valence-corrected chi connectivity index (χ3v) is 0.612. The SMILES string of the molecule is C[CH]C(O)NC. The second-order valence-electron chi connectivity index (χ2n) is 1.07. The third-order valence-electron chi connectivity index (χ3n) is 0.612. The first-order valence-corrected chi connectivity index (χ1v) is 1.96. The van der Waals surface area contributed by atoms with Gasteiger partial charge in [0.2, 0.25) is 0 Å². The fourth-order valence-corrected chi connectivity index (χ4v) is 0.167. The zero-order valence-corrected chi connectivity index (χ0v) is 4.10. The Hall–Kier alpha value is -0.0800. The van der Waals surface area contributed by atoms with Crippen LogP contribution in [0.1, 0.15) is 6.92 Å². The molecule has 0 aromatic heterocycles. The van der Waals surface area contributed by atoms with Crippen LogP contribution in [0.4, 0.5) is 0 Å². The highest BCUT2D eigenvalue weighted by atomic mass is 16.3. The molecule has 0 aliphatic carbocycles. The van der Waals surface area contributed by atoms with E-state index in [4.69, 9.17) is 5.11 Å². The molecule has 1 radical (unpaired) electrons. The zero-order valence-electron chi connectivity index (χ0n) is 4.10. The molecular weight excluding hydrogens is 78.0 g/mol. The lowest BCUT2D eigenvalue weighted by atomic mass is 10.4. The highest BCUT2D eigenvalue weighted by molar-refractivity contribution is 4.62. The minimum atomic E-state index is -0.440. The Bertz CT molecular complexity index is 26.7. The summed E-state index contributed by atoms with van der Waals surface area (Å²) in [6.45, 7) is 1.79. The Morgan fingerprint density at radius 1 is 1.83 bits per heavy atom. The average Bonchev–Trinajstić information content (AvgIpc) is 1.65. The summed E-state index contributed by atoms with van der Waals surface area (Å²) in [6, 6.07) is 0. The highest BCUT2D eigenvalue weighted by Crippen LogP contribution is 1.75. The number of aliphatic hydroxyl groups excluding tert-OH is 1. The molecule has 2 nitrogen and oxygen atoms in total. The van der Waals surface area contributed by atoms with Crippen LogP contribution in [0.5, 0.6) is 0 Å². The lowest BCUT2D eigenvalue weighted by molar-refractivity contribution is 0.179. The number of hydrogen-bond donors (Lipinski definition) is 2. The Balaban J connectivity index is 2.75. The van der Waals surface area contributed by atoms with Gasteiger partial charge in [0.25, 0.3) is 0 Å². The summed E-state index contributed by atoms with van der Waals surface area (Å²) in [6.07, 6.45) is 1.23. The van der Waals surface area contributed by atoms with Crippen molar-refractivity contribution in [3.05, 3.63) is 6.42 Å². The van der Waals surface area contributed by atoms with Crippen molar-refractivity contribution in [1.29, 1.82) is 0 Å². The normalized spacial score (nSPS) is 14.5.